The number of likely N-dealkylation sites (tertiary alicyclic amines) is 3. The summed E-state index contributed by atoms with van der Waals surface area (Å²) in [5, 5.41) is 0.631. The van der Waals surface area contributed by atoms with Crippen LogP contribution >= 0.6 is 11.6 Å². The van der Waals surface area contributed by atoms with Gasteiger partial charge < -0.3 is 0 Å². The monoisotopic (exact) mass is 431 g/mol. The number of carbonyl (C=O) groups excluding carboxylic acids is 3. The molecule has 1 atom stereocenters. The van der Waals surface area contributed by atoms with Gasteiger partial charge in [0.2, 0.25) is 11.8 Å². The molecule has 6 nitrogen and oxygen atoms in total. The Labute approximate surface area is 183 Å². The summed E-state index contributed by atoms with van der Waals surface area (Å²) in [6, 6.07) is 6.82. The number of amides is 2. The summed E-state index contributed by atoms with van der Waals surface area (Å²) in [5.41, 5.74) is 0.493. The lowest BCUT2D eigenvalue weighted by molar-refractivity contribution is -0.141. The zero-order valence-corrected chi connectivity index (χ0v) is 18.4. The van der Waals surface area contributed by atoms with Crippen LogP contribution in [0.1, 0.15) is 51.0 Å². The maximum atomic E-state index is 13.0. The number of Topliss-reactive ketones (excluding diaryl/α,β-unsaturated/α-hetero) is 1. The fourth-order valence-corrected chi connectivity index (χ4v) is 5.43. The second-order valence-corrected chi connectivity index (χ2v) is 9.27. The van der Waals surface area contributed by atoms with Crippen LogP contribution in [0.4, 0.5) is 0 Å². The first kappa shape index (κ1) is 21.5. The van der Waals surface area contributed by atoms with Crippen molar-refractivity contribution < 1.29 is 14.4 Å². The fraction of sp³-hybridized carbons (Fsp3) is 0.609. The van der Waals surface area contributed by atoms with Crippen LogP contribution in [0.2, 0.25) is 5.02 Å². The van der Waals surface area contributed by atoms with Crippen molar-refractivity contribution in [2.24, 2.45) is 0 Å². The highest BCUT2D eigenvalue weighted by molar-refractivity contribution is 6.30. The van der Waals surface area contributed by atoms with Crippen molar-refractivity contribution in [1.29, 1.82) is 0 Å². The Morgan fingerprint density at radius 1 is 1.03 bits per heavy atom. The molecule has 1 unspecified atom stereocenters. The highest BCUT2D eigenvalue weighted by Crippen LogP contribution is 2.34. The van der Waals surface area contributed by atoms with E-state index in [4.69, 9.17) is 11.6 Å². The molecule has 0 aliphatic carbocycles. The van der Waals surface area contributed by atoms with E-state index in [1.807, 2.05) is 12.1 Å². The Bertz CT molecular complexity index is 811. The average molecular weight is 432 g/mol. The predicted octanol–water partition coefficient (Wildman–Crippen LogP) is 2.88. The van der Waals surface area contributed by atoms with Gasteiger partial charge in [0.1, 0.15) is 5.78 Å². The number of hydrogen-bond donors (Lipinski definition) is 0. The second kappa shape index (κ2) is 8.77. The minimum Gasteiger partial charge on any atom is -0.298 e. The van der Waals surface area contributed by atoms with Crippen molar-refractivity contribution in [2.75, 3.05) is 26.2 Å². The lowest BCUT2D eigenvalue weighted by atomic mass is 9.80. The van der Waals surface area contributed by atoms with Crippen LogP contribution in [0, 0.1) is 0 Å². The number of imide groups is 1. The number of rotatable bonds is 5. The molecule has 3 aliphatic heterocycles. The Morgan fingerprint density at radius 3 is 2.27 bits per heavy atom. The van der Waals surface area contributed by atoms with Crippen LogP contribution in [-0.4, -0.2) is 70.1 Å². The van der Waals surface area contributed by atoms with E-state index >= 15 is 0 Å². The Kier molecular flexibility index (Phi) is 6.28. The first-order chi connectivity index (χ1) is 14.4. The van der Waals surface area contributed by atoms with Gasteiger partial charge in [-0.1, -0.05) is 30.2 Å². The van der Waals surface area contributed by atoms with Crippen molar-refractivity contribution in [3.63, 3.8) is 0 Å². The summed E-state index contributed by atoms with van der Waals surface area (Å²) in [7, 11) is 0. The smallest absolute Gasteiger partial charge is 0.247 e. The Morgan fingerprint density at radius 2 is 1.67 bits per heavy atom. The Hall–Kier alpha value is -1.76. The number of hydrogen-bond acceptors (Lipinski definition) is 5. The van der Waals surface area contributed by atoms with Crippen molar-refractivity contribution in [2.45, 2.75) is 63.6 Å². The van der Waals surface area contributed by atoms with Crippen LogP contribution in [0.15, 0.2) is 24.3 Å². The van der Waals surface area contributed by atoms with Gasteiger partial charge in [-0.15, -0.1) is 0 Å². The first-order valence-corrected chi connectivity index (χ1v) is 11.4. The van der Waals surface area contributed by atoms with E-state index in [-0.39, 0.29) is 30.6 Å². The molecule has 3 fully saturated rings. The molecule has 3 heterocycles. The molecule has 0 saturated carbocycles. The molecular formula is C23H30ClN3O3. The normalized spacial score (nSPS) is 25.7. The number of nitrogens with zero attached hydrogens (tertiary/aromatic N) is 3. The zero-order chi connectivity index (χ0) is 21.3. The molecule has 1 aromatic rings. The van der Waals surface area contributed by atoms with Crippen molar-refractivity contribution in [3.8, 4) is 0 Å². The van der Waals surface area contributed by atoms with Gasteiger partial charge >= 0.3 is 0 Å². The van der Waals surface area contributed by atoms with Crippen LogP contribution in [0.5, 0.6) is 0 Å². The summed E-state index contributed by atoms with van der Waals surface area (Å²) in [6.45, 7) is 5.31. The average Bonchev–Trinajstić information content (AvgIpc) is 3.04. The molecule has 3 aliphatic rings. The van der Waals surface area contributed by atoms with Gasteiger partial charge in [-0.3, -0.25) is 29.1 Å². The number of piperidine rings is 2. The fourth-order valence-electron chi connectivity index (χ4n) is 5.31. The maximum Gasteiger partial charge on any atom is 0.247 e. The predicted molar refractivity (Wildman–Crippen MR) is 115 cm³/mol. The molecule has 0 N–H and O–H groups in total. The van der Waals surface area contributed by atoms with Crippen LogP contribution < -0.4 is 0 Å². The van der Waals surface area contributed by atoms with Crippen LogP contribution in [0.25, 0.3) is 0 Å². The summed E-state index contributed by atoms with van der Waals surface area (Å²) >= 11 is 5.93. The number of ketones is 1. The van der Waals surface area contributed by atoms with Crippen molar-refractivity contribution >= 4 is 29.2 Å². The molecule has 3 saturated heterocycles. The molecular weight excluding hydrogens is 402 g/mol. The molecule has 4 rings (SSSR count). The van der Waals surface area contributed by atoms with Crippen molar-refractivity contribution in [3.05, 3.63) is 34.9 Å². The third-order valence-corrected chi connectivity index (χ3v) is 7.41. The van der Waals surface area contributed by atoms with E-state index in [1.165, 1.54) is 11.3 Å². The summed E-state index contributed by atoms with van der Waals surface area (Å²) in [5.74, 6) is -0.00938. The topological polar surface area (TPSA) is 60.9 Å². The summed E-state index contributed by atoms with van der Waals surface area (Å²) in [4.78, 5) is 44.1. The molecule has 0 spiro atoms. The molecule has 30 heavy (non-hydrogen) atoms. The molecule has 2 amide bonds. The molecule has 7 heteroatoms. The van der Waals surface area contributed by atoms with Gasteiger partial charge in [0, 0.05) is 18.1 Å². The highest BCUT2D eigenvalue weighted by atomic mass is 35.5. The third-order valence-electron chi connectivity index (χ3n) is 7.16. The lowest BCUT2D eigenvalue weighted by Crippen LogP contribution is -2.62. The quantitative estimate of drug-likeness (QED) is 0.671. The maximum absolute atomic E-state index is 13.0. The zero-order valence-electron chi connectivity index (χ0n) is 17.6. The van der Waals surface area contributed by atoms with E-state index in [2.05, 4.69) is 9.80 Å². The van der Waals surface area contributed by atoms with Gasteiger partial charge in [-0.05, 0) is 63.4 Å². The van der Waals surface area contributed by atoms with Crippen molar-refractivity contribution in [1.82, 2.24) is 14.7 Å². The molecule has 1 aromatic carbocycles. The van der Waals surface area contributed by atoms with E-state index in [0.717, 1.165) is 44.3 Å². The van der Waals surface area contributed by atoms with E-state index in [1.54, 1.807) is 19.1 Å². The van der Waals surface area contributed by atoms with E-state index in [9.17, 15) is 14.4 Å². The van der Waals surface area contributed by atoms with E-state index < -0.39 is 11.6 Å². The minimum absolute atomic E-state index is 0.122. The highest BCUT2D eigenvalue weighted by Gasteiger charge is 2.48. The second-order valence-electron chi connectivity index (χ2n) is 8.84. The van der Waals surface area contributed by atoms with Crippen LogP contribution in [0.3, 0.4) is 0 Å². The third kappa shape index (κ3) is 4.05. The molecule has 0 aromatic heterocycles. The molecule has 0 bridgehead atoms. The molecule has 0 radical (unpaired) electrons. The van der Waals surface area contributed by atoms with Gasteiger partial charge in [-0.2, -0.15) is 0 Å². The Balaban J connectivity index is 1.41. The lowest BCUT2D eigenvalue weighted by Gasteiger charge is -2.49. The van der Waals surface area contributed by atoms with Gasteiger partial charge in [0.15, 0.2) is 0 Å². The van der Waals surface area contributed by atoms with Gasteiger partial charge in [0.05, 0.1) is 24.5 Å². The number of carbonyl (C=O) groups is 3. The standard InChI is InChI=1S/C23H30ClN3O3/c1-17(28)23(26-11-3-2-4-12-26)9-13-25(14-10-23)20-15-21(29)27(22(20)30)16-18-5-7-19(24)8-6-18/h5-8,20H,2-4,9-16H2,1H3. The first-order valence-electron chi connectivity index (χ1n) is 11.0. The minimum atomic E-state index is -0.406. The SMILES string of the molecule is CC(=O)C1(N2CCCCC2)CCN(C2CC(=O)N(Cc3ccc(Cl)cc3)C2=O)CC1. The number of halogens is 1. The van der Waals surface area contributed by atoms with E-state index in [0.29, 0.717) is 18.1 Å². The summed E-state index contributed by atoms with van der Waals surface area (Å²) < 4.78 is 0. The number of benzene rings is 1. The summed E-state index contributed by atoms with van der Waals surface area (Å²) in [6.07, 6.45) is 5.22. The van der Waals surface area contributed by atoms with Crippen LogP contribution in [-0.2, 0) is 20.9 Å². The largest absolute Gasteiger partial charge is 0.298 e. The van der Waals surface area contributed by atoms with Gasteiger partial charge in [-0.25, -0.2) is 0 Å². The van der Waals surface area contributed by atoms with Gasteiger partial charge in [0.25, 0.3) is 0 Å². The molecule has 162 valence electrons.